The van der Waals surface area contributed by atoms with Gasteiger partial charge in [-0.3, -0.25) is 25.2 Å². The molecule has 2 aromatic rings. The molecule has 0 radical (unpaired) electrons. The van der Waals surface area contributed by atoms with Crippen molar-refractivity contribution in [2.45, 2.75) is 37.5 Å². The van der Waals surface area contributed by atoms with Gasteiger partial charge in [-0.15, -0.1) is 0 Å². The second kappa shape index (κ2) is 11.2. The fraction of sp³-hybridized carbons (Fsp3) is 0.400. The van der Waals surface area contributed by atoms with Crippen LogP contribution in [-0.4, -0.2) is 46.5 Å². The summed E-state index contributed by atoms with van der Waals surface area (Å²) in [7, 11) is 0. The van der Waals surface area contributed by atoms with E-state index in [-0.39, 0.29) is 34.7 Å². The van der Waals surface area contributed by atoms with Crippen LogP contribution in [0.25, 0.3) is 0 Å². The Hall–Kier alpha value is -2.76. The third-order valence-corrected chi connectivity index (χ3v) is 5.27. The van der Waals surface area contributed by atoms with E-state index in [0.29, 0.717) is 18.8 Å². The number of carbonyl (C=O) groups excluding carboxylic acids is 1. The molecule has 3 rings (SSSR count). The highest BCUT2D eigenvalue weighted by Gasteiger charge is 2.26. The second-order valence-corrected chi connectivity index (χ2v) is 7.84. The van der Waals surface area contributed by atoms with Crippen molar-refractivity contribution in [3.05, 3.63) is 44.6 Å². The molecule has 170 valence electrons. The van der Waals surface area contributed by atoms with Crippen LogP contribution in [0.1, 0.15) is 37.1 Å². The topological polar surface area (TPSA) is 129 Å². The van der Waals surface area contributed by atoms with Gasteiger partial charge in [0.15, 0.2) is 5.16 Å². The first-order valence-electron chi connectivity index (χ1n) is 9.89. The van der Waals surface area contributed by atoms with Crippen LogP contribution in [-0.2, 0) is 16.0 Å². The fourth-order valence-corrected chi connectivity index (χ4v) is 3.70. The van der Waals surface area contributed by atoms with Crippen molar-refractivity contribution in [1.82, 2.24) is 15.3 Å². The average molecular weight is 480 g/mol. The van der Waals surface area contributed by atoms with Crippen LogP contribution in [0, 0.1) is 10.1 Å². The van der Waals surface area contributed by atoms with Crippen molar-refractivity contribution in [3.63, 3.8) is 0 Å². The van der Waals surface area contributed by atoms with Gasteiger partial charge in [-0.25, -0.2) is 4.98 Å². The lowest BCUT2D eigenvalue weighted by Crippen LogP contribution is -2.25. The van der Waals surface area contributed by atoms with Gasteiger partial charge in [0, 0.05) is 19.2 Å². The zero-order valence-electron chi connectivity index (χ0n) is 17.5. The highest BCUT2D eigenvalue weighted by atomic mass is 35.5. The standard InChI is InChI=1S/C20H22ClN5O5S/c1-3-30-15(27)6-5-12-9-13(18-22-7-4-8-23-18)11-14(10-12)31-19-16(26(28)29)17(21)24-20(25-19)32-2/h7,9-11,18,23H,3-6,8H2,1-2H3. The summed E-state index contributed by atoms with van der Waals surface area (Å²) in [4.78, 5) is 35.1. The first-order chi connectivity index (χ1) is 15.4. The number of hydrogen-bond donors (Lipinski definition) is 1. The first kappa shape index (κ1) is 23.9. The number of esters is 1. The van der Waals surface area contributed by atoms with E-state index in [2.05, 4.69) is 20.3 Å². The van der Waals surface area contributed by atoms with Gasteiger partial charge in [-0.1, -0.05) is 29.4 Å². The monoisotopic (exact) mass is 479 g/mol. The molecule has 32 heavy (non-hydrogen) atoms. The normalized spacial score (nSPS) is 15.4. The summed E-state index contributed by atoms with van der Waals surface area (Å²) in [5.74, 6) is -0.251. The molecule has 12 heteroatoms. The zero-order chi connectivity index (χ0) is 23.1. The number of aryl methyl sites for hydroxylation is 1. The van der Waals surface area contributed by atoms with Gasteiger partial charge in [0.25, 0.3) is 0 Å². The maximum atomic E-state index is 11.8. The van der Waals surface area contributed by atoms with Crippen molar-refractivity contribution >= 4 is 41.2 Å². The van der Waals surface area contributed by atoms with Crippen molar-refractivity contribution in [1.29, 1.82) is 0 Å². The van der Waals surface area contributed by atoms with Crippen molar-refractivity contribution in [2.75, 3.05) is 19.4 Å². The van der Waals surface area contributed by atoms with E-state index in [4.69, 9.17) is 21.1 Å². The number of nitrogens with one attached hydrogen (secondary N) is 1. The van der Waals surface area contributed by atoms with E-state index in [1.165, 1.54) is 11.8 Å². The quantitative estimate of drug-likeness (QED) is 0.141. The highest BCUT2D eigenvalue weighted by molar-refractivity contribution is 7.98. The predicted octanol–water partition coefficient (Wildman–Crippen LogP) is 4.11. The molecule has 1 N–H and O–H groups in total. The van der Waals surface area contributed by atoms with Gasteiger partial charge in [0.1, 0.15) is 11.9 Å². The lowest BCUT2D eigenvalue weighted by molar-refractivity contribution is -0.386. The molecule has 0 spiro atoms. The number of aliphatic imine (C=N–C) groups is 1. The Labute approximate surface area is 193 Å². The summed E-state index contributed by atoms with van der Waals surface area (Å²) < 4.78 is 10.8. The lowest BCUT2D eigenvalue weighted by Gasteiger charge is -2.20. The number of halogens is 1. The summed E-state index contributed by atoms with van der Waals surface area (Å²) in [5.41, 5.74) is 1.07. The Balaban J connectivity index is 1.98. The summed E-state index contributed by atoms with van der Waals surface area (Å²) >= 11 is 7.19. The molecule has 0 saturated carbocycles. The minimum Gasteiger partial charge on any atom is -0.466 e. The van der Waals surface area contributed by atoms with Gasteiger partial charge >= 0.3 is 17.5 Å². The first-order valence-corrected chi connectivity index (χ1v) is 11.5. The van der Waals surface area contributed by atoms with Crippen LogP contribution in [0.2, 0.25) is 5.15 Å². The molecule has 0 fully saturated rings. The van der Waals surface area contributed by atoms with Gasteiger partial charge in [0.05, 0.1) is 11.5 Å². The molecule has 1 aliphatic heterocycles. The lowest BCUT2D eigenvalue weighted by atomic mass is 10.0. The number of aromatic nitrogens is 2. The summed E-state index contributed by atoms with van der Waals surface area (Å²) in [6.07, 6.45) is 4.69. The van der Waals surface area contributed by atoms with Crippen LogP contribution in [0.3, 0.4) is 0 Å². The molecule has 1 aromatic carbocycles. The Kier molecular flexibility index (Phi) is 8.37. The molecule has 0 bridgehead atoms. The number of hydrogen-bond acceptors (Lipinski definition) is 10. The number of nitrogens with zero attached hydrogens (tertiary/aromatic N) is 4. The number of thioether (sulfide) groups is 1. The summed E-state index contributed by atoms with van der Waals surface area (Å²) in [6.45, 7) is 2.82. The number of ether oxygens (including phenoxy) is 2. The Bertz CT molecular complexity index is 1040. The molecular formula is C20H22ClN5O5S. The SMILES string of the molecule is CCOC(=O)CCc1cc(Oc2nc(SC)nc(Cl)c2[N+](=O)[O-])cc(C2N=CCCN2)c1. The second-order valence-electron chi connectivity index (χ2n) is 6.71. The zero-order valence-corrected chi connectivity index (χ0v) is 19.1. The Morgan fingerprint density at radius 2 is 2.19 bits per heavy atom. The van der Waals surface area contributed by atoms with E-state index in [1.54, 1.807) is 25.3 Å². The van der Waals surface area contributed by atoms with Gasteiger partial charge in [0.2, 0.25) is 5.15 Å². The maximum Gasteiger partial charge on any atom is 0.368 e. The van der Waals surface area contributed by atoms with E-state index >= 15 is 0 Å². The molecule has 0 aliphatic carbocycles. The minimum absolute atomic E-state index is 0.189. The molecule has 0 saturated heterocycles. The minimum atomic E-state index is -0.680. The summed E-state index contributed by atoms with van der Waals surface area (Å²) in [5, 5.41) is 14.8. The predicted molar refractivity (Wildman–Crippen MR) is 121 cm³/mol. The molecule has 0 amide bonds. The third-order valence-electron chi connectivity index (χ3n) is 4.46. The van der Waals surface area contributed by atoms with Crippen molar-refractivity contribution in [2.24, 2.45) is 4.99 Å². The number of benzene rings is 1. The van der Waals surface area contributed by atoms with Gasteiger partial charge < -0.3 is 9.47 Å². The Morgan fingerprint density at radius 3 is 2.84 bits per heavy atom. The highest BCUT2D eigenvalue weighted by Crippen LogP contribution is 2.37. The number of rotatable bonds is 9. The van der Waals surface area contributed by atoms with E-state index < -0.39 is 10.6 Å². The average Bonchev–Trinajstić information content (AvgIpc) is 2.77. The van der Waals surface area contributed by atoms with Crippen LogP contribution < -0.4 is 10.1 Å². The largest absolute Gasteiger partial charge is 0.466 e. The molecule has 1 unspecified atom stereocenters. The molecular weight excluding hydrogens is 458 g/mol. The number of carbonyl (C=O) groups is 1. The van der Waals surface area contributed by atoms with Crippen LogP contribution in [0.4, 0.5) is 5.69 Å². The van der Waals surface area contributed by atoms with Crippen LogP contribution in [0.5, 0.6) is 11.6 Å². The third kappa shape index (κ3) is 6.15. The van der Waals surface area contributed by atoms with Crippen LogP contribution >= 0.6 is 23.4 Å². The van der Waals surface area contributed by atoms with E-state index in [0.717, 1.165) is 24.1 Å². The van der Waals surface area contributed by atoms with Gasteiger partial charge in [-0.05, 0) is 49.3 Å². The van der Waals surface area contributed by atoms with Gasteiger partial charge in [-0.2, -0.15) is 4.98 Å². The summed E-state index contributed by atoms with van der Waals surface area (Å²) in [6, 6.07) is 5.35. The smallest absolute Gasteiger partial charge is 0.368 e. The van der Waals surface area contributed by atoms with Crippen molar-refractivity contribution in [3.8, 4) is 11.6 Å². The van der Waals surface area contributed by atoms with E-state index in [1.807, 2.05) is 12.3 Å². The van der Waals surface area contributed by atoms with Crippen LogP contribution in [0.15, 0.2) is 28.3 Å². The molecule has 10 nitrogen and oxygen atoms in total. The molecule has 2 heterocycles. The Morgan fingerprint density at radius 1 is 1.38 bits per heavy atom. The molecule has 1 aliphatic rings. The maximum absolute atomic E-state index is 11.8. The molecule has 1 aromatic heterocycles. The fourth-order valence-electron chi connectivity index (χ4n) is 3.07. The molecule has 1 atom stereocenters. The van der Waals surface area contributed by atoms with Crippen molar-refractivity contribution < 1.29 is 19.2 Å². The number of nitro groups is 1. The van der Waals surface area contributed by atoms with E-state index in [9.17, 15) is 14.9 Å².